The summed E-state index contributed by atoms with van der Waals surface area (Å²) in [7, 11) is 0. The first-order valence-electron chi connectivity index (χ1n) is 4.03. The normalized spacial score (nSPS) is 18.8. The van der Waals surface area contributed by atoms with Crippen LogP contribution in [0.25, 0.3) is 0 Å². The van der Waals surface area contributed by atoms with E-state index in [0.717, 1.165) is 30.5 Å². The Morgan fingerprint density at radius 1 is 1.42 bits per heavy atom. The van der Waals surface area contributed by atoms with Gasteiger partial charge in [0.15, 0.2) is 0 Å². The van der Waals surface area contributed by atoms with Crippen molar-refractivity contribution in [2.45, 2.75) is 25.2 Å². The van der Waals surface area contributed by atoms with E-state index in [1.54, 1.807) is 12.4 Å². The summed E-state index contributed by atoms with van der Waals surface area (Å²) >= 11 is 0. The van der Waals surface area contributed by atoms with Crippen LogP contribution in [0.15, 0.2) is 12.4 Å². The monoisotopic (exact) mass is 162 g/mol. The maximum Gasteiger partial charge on any atom is 0.132 e. The van der Waals surface area contributed by atoms with Gasteiger partial charge in [-0.05, 0) is 19.8 Å². The van der Waals surface area contributed by atoms with Crippen LogP contribution in [-0.4, -0.2) is 16.3 Å². The third-order valence-electron chi connectivity index (χ3n) is 2.37. The summed E-state index contributed by atoms with van der Waals surface area (Å²) in [6, 6.07) is 0. The molecule has 0 N–H and O–H groups in total. The Balaban J connectivity index is 2.46. The summed E-state index contributed by atoms with van der Waals surface area (Å²) in [5.41, 5.74) is 1.46. The van der Waals surface area contributed by atoms with Crippen molar-refractivity contribution >= 4 is 6.29 Å². The van der Waals surface area contributed by atoms with Crippen molar-refractivity contribution in [2.24, 2.45) is 0 Å². The third-order valence-corrected chi connectivity index (χ3v) is 2.37. The van der Waals surface area contributed by atoms with E-state index in [2.05, 4.69) is 9.97 Å². The van der Waals surface area contributed by atoms with Gasteiger partial charge in [0.2, 0.25) is 0 Å². The first-order valence-corrected chi connectivity index (χ1v) is 4.03. The van der Waals surface area contributed by atoms with Gasteiger partial charge in [-0.15, -0.1) is 0 Å². The summed E-state index contributed by atoms with van der Waals surface area (Å²) in [6.07, 6.45) is 6.15. The maximum atomic E-state index is 10.8. The van der Waals surface area contributed by atoms with Crippen LogP contribution in [0.1, 0.15) is 24.2 Å². The lowest BCUT2D eigenvalue weighted by molar-refractivity contribution is -0.110. The van der Waals surface area contributed by atoms with Crippen molar-refractivity contribution in [1.82, 2.24) is 9.97 Å². The first kappa shape index (κ1) is 7.40. The fourth-order valence-corrected chi connectivity index (χ4v) is 1.44. The lowest BCUT2D eigenvalue weighted by atomic mass is 10.0. The van der Waals surface area contributed by atoms with E-state index in [-0.39, 0.29) is 5.41 Å². The molecule has 12 heavy (non-hydrogen) atoms. The molecule has 0 saturated heterocycles. The molecule has 3 nitrogen and oxygen atoms in total. The van der Waals surface area contributed by atoms with E-state index in [4.69, 9.17) is 0 Å². The van der Waals surface area contributed by atoms with Gasteiger partial charge in [-0.3, -0.25) is 9.97 Å². The van der Waals surface area contributed by atoms with E-state index in [0.29, 0.717) is 0 Å². The van der Waals surface area contributed by atoms with Crippen molar-refractivity contribution < 1.29 is 4.79 Å². The molecule has 1 aromatic rings. The van der Waals surface area contributed by atoms with Crippen LogP contribution >= 0.6 is 0 Å². The number of aromatic nitrogens is 2. The largest absolute Gasteiger partial charge is 0.302 e. The lowest BCUT2D eigenvalue weighted by Crippen LogP contribution is -2.12. The molecule has 0 aliphatic heterocycles. The number of aldehydes is 1. The SMILES string of the molecule is Cc1nccnc1C1(C=O)CC1. The molecule has 1 fully saturated rings. The molecule has 0 radical (unpaired) electrons. The Bertz CT molecular complexity index is 318. The van der Waals surface area contributed by atoms with Gasteiger partial charge >= 0.3 is 0 Å². The fourth-order valence-electron chi connectivity index (χ4n) is 1.44. The van der Waals surface area contributed by atoms with Crippen LogP contribution < -0.4 is 0 Å². The van der Waals surface area contributed by atoms with Crippen molar-refractivity contribution in [1.29, 1.82) is 0 Å². The molecule has 1 aliphatic rings. The molecule has 0 spiro atoms. The molecule has 0 unspecified atom stereocenters. The van der Waals surface area contributed by atoms with Gasteiger partial charge in [-0.1, -0.05) is 0 Å². The maximum absolute atomic E-state index is 10.8. The van der Waals surface area contributed by atoms with Gasteiger partial charge in [0, 0.05) is 12.4 Å². The van der Waals surface area contributed by atoms with Crippen LogP contribution in [0.2, 0.25) is 0 Å². The zero-order chi connectivity index (χ0) is 8.60. The number of hydrogen-bond donors (Lipinski definition) is 0. The van der Waals surface area contributed by atoms with Gasteiger partial charge in [-0.2, -0.15) is 0 Å². The molecule has 0 atom stereocenters. The Kier molecular flexibility index (Phi) is 1.46. The highest BCUT2D eigenvalue weighted by atomic mass is 16.1. The number of carbonyl (C=O) groups is 1. The molecule has 0 aromatic carbocycles. The van der Waals surface area contributed by atoms with Gasteiger partial charge in [0.1, 0.15) is 6.29 Å². The molecule has 1 aromatic heterocycles. The van der Waals surface area contributed by atoms with Crippen LogP contribution in [-0.2, 0) is 10.2 Å². The zero-order valence-electron chi connectivity index (χ0n) is 6.95. The van der Waals surface area contributed by atoms with E-state index < -0.39 is 0 Å². The van der Waals surface area contributed by atoms with E-state index in [9.17, 15) is 4.79 Å². The molecule has 0 amide bonds. The smallest absolute Gasteiger partial charge is 0.132 e. The van der Waals surface area contributed by atoms with Gasteiger partial charge in [0.25, 0.3) is 0 Å². The van der Waals surface area contributed by atoms with E-state index in [1.165, 1.54) is 0 Å². The minimum atomic E-state index is -0.279. The standard InChI is InChI=1S/C9H10N2O/c1-7-8(11-5-4-10-7)9(6-12)2-3-9/h4-6H,2-3H2,1H3. The Labute approximate surface area is 70.9 Å². The van der Waals surface area contributed by atoms with Crippen molar-refractivity contribution in [3.63, 3.8) is 0 Å². The van der Waals surface area contributed by atoms with Gasteiger partial charge < -0.3 is 4.79 Å². The van der Waals surface area contributed by atoms with Crippen LogP contribution in [0.3, 0.4) is 0 Å². The summed E-state index contributed by atoms with van der Waals surface area (Å²) < 4.78 is 0. The fraction of sp³-hybridized carbons (Fsp3) is 0.444. The highest BCUT2D eigenvalue weighted by Gasteiger charge is 2.46. The van der Waals surface area contributed by atoms with E-state index in [1.807, 2.05) is 6.92 Å². The number of aryl methyl sites for hydroxylation is 1. The van der Waals surface area contributed by atoms with Crippen LogP contribution in [0.5, 0.6) is 0 Å². The zero-order valence-corrected chi connectivity index (χ0v) is 6.95. The van der Waals surface area contributed by atoms with Gasteiger partial charge in [-0.25, -0.2) is 0 Å². The summed E-state index contributed by atoms with van der Waals surface area (Å²) in [4.78, 5) is 19.1. The Morgan fingerprint density at radius 2 is 2.08 bits per heavy atom. The molecule has 1 saturated carbocycles. The molecular weight excluding hydrogens is 152 g/mol. The molecule has 2 rings (SSSR count). The Hall–Kier alpha value is -1.25. The molecular formula is C9H10N2O. The predicted octanol–water partition coefficient (Wildman–Crippen LogP) is 1.02. The number of carbonyl (C=O) groups excluding carboxylic acids is 1. The molecule has 3 heteroatoms. The number of hydrogen-bond acceptors (Lipinski definition) is 3. The first-order chi connectivity index (χ1) is 5.78. The van der Waals surface area contributed by atoms with Crippen molar-refractivity contribution in [3.05, 3.63) is 23.8 Å². The predicted molar refractivity (Wildman–Crippen MR) is 43.7 cm³/mol. The number of nitrogens with zero attached hydrogens (tertiary/aromatic N) is 2. The molecule has 62 valence electrons. The quantitative estimate of drug-likeness (QED) is 0.609. The summed E-state index contributed by atoms with van der Waals surface area (Å²) in [6.45, 7) is 1.89. The second-order valence-corrected chi connectivity index (χ2v) is 3.26. The average molecular weight is 162 g/mol. The topological polar surface area (TPSA) is 42.9 Å². The second kappa shape index (κ2) is 2.37. The highest BCUT2D eigenvalue weighted by molar-refractivity contribution is 5.72. The lowest BCUT2D eigenvalue weighted by Gasteiger charge is -2.07. The van der Waals surface area contributed by atoms with Crippen LogP contribution in [0, 0.1) is 6.92 Å². The minimum absolute atomic E-state index is 0.279. The molecule has 1 heterocycles. The summed E-state index contributed by atoms with van der Waals surface area (Å²) in [5.74, 6) is 0. The molecule has 0 bridgehead atoms. The van der Waals surface area contributed by atoms with Gasteiger partial charge in [0.05, 0.1) is 16.8 Å². The third kappa shape index (κ3) is 0.932. The minimum Gasteiger partial charge on any atom is -0.302 e. The second-order valence-electron chi connectivity index (χ2n) is 3.26. The summed E-state index contributed by atoms with van der Waals surface area (Å²) in [5, 5.41) is 0. The number of rotatable bonds is 2. The van der Waals surface area contributed by atoms with Crippen molar-refractivity contribution in [3.8, 4) is 0 Å². The van der Waals surface area contributed by atoms with Crippen LogP contribution in [0.4, 0.5) is 0 Å². The molecule has 1 aliphatic carbocycles. The Morgan fingerprint density at radius 3 is 2.58 bits per heavy atom. The van der Waals surface area contributed by atoms with E-state index >= 15 is 0 Å². The highest BCUT2D eigenvalue weighted by Crippen LogP contribution is 2.45. The van der Waals surface area contributed by atoms with Crippen molar-refractivity contribution in [2.75, 3.05) is 0 Å². The average Bonchev–Trinajstić information content (AvgIpc) is 2.86.